The van der Waals surface area contributed by atoms with Gasteiger partial charge in [0.2, 0.25) is 0 Å². The van der Waals surface area contributed by atoms with Crippen molar-refractivity contribution in [3.63, 3.8) is 0 Å². The number of carbonyl (C=O) groups excluding carboxylic acids is 3. The Kier molecular flexibility index (Phi) is 14.7. The summed E-state index contributed by atoms with van der Waals surface area (Å²) < 4.78 is 10.2. The molecule has 8 atom stereocenters. The molecular formula is C30H38O11. The Labute approximate surface area is 238 Å². The molecule has 0 spiro atoms. The highest BCUT2D eigenvalue weighted by Gasteiger charge is 2.38. The normalized spacial score (nSPS) is 29.3. The lowest BCUT2D eigenvalue weighted by atomic mass is 9.96. The van der Waals surface area contributed by atoms with Crippen LogP contribution in [-0.2, 0) is 19.1 Å². The smallest absolute Gasteiger partial charge is 0.158 e. The number of ether oxygens (including phenoxy) is 2. The standard InChI is InChI=1S/C15H18O5.C8H14O5.C7H6O/c16-11(7-6-10-4-2-1-3-5-10)8-13-15(19)14(18)12(17)9-20-13;1-4(9)2-6-8(12)7(11)5(10)3-13-6;8-6-7-4-2-1-3-5-7/h1-7,12-15,17-19H,8-9H2;5-8,10-12H,2-3H2,1H3;1-6H/b7-6+;;/t12-,13+,14+,15+;5-,6+,7+,8+;/m11./s1. The minimum Gasteiger partial charge on any atom is -0.388 e. The first-order valence-corrected chi connectivity index (χ1v) is 13.1. The summed E-state index contributed by atoms with van der Waals surface area (Å²) in [5, 5.41) is 56.3. The summed E-state index contributed by atoms with van der Waals surface area (Å²) >= 11 is 0. The second kappa shape index (κ2) is 17.6. The number of rotatable bonds is 7. The van der Waals surface area contributed by atoms with Gasteiger partial charge in [0.15, 0.2) is 5.78 Å². The summed E-state index contributed by atoms with van der Waals surface area (Å²) in [5.41, 5.74) is 1.63. The molecule has 2 aliphatic rings. The molecule has 6 N–H and O–H groups in total. The first-order chi connectivity index (χ1) is 19.5. The lowest BCUT2D eigenvalue weighted by Gasteiger charge is -2.34. The third-order valence-corrected chi connectivity index (χ3v) is 6.30. The Morgan fingerprint density at radius 1 is 0.707 bits per heavy atom. The summed E-state index contributed by atoms with van der Waals surface area (Å²) in [6, 6.07) is 18.5. The molecular weight excluding hydrogens is 536 g/mol. The second-order valence-corrected chi connectivity index (χ2v) is 9.69. The van der Waals surface area contributed by atoms with Crippen molar-refractivity contribution in [3.8, 4) is 0 Å². The van der Waals surface area contributed by atoms with Crippen molar-refractivity contribution in [1.29, 1.82) is 0 Å². The Balaban J connectivity index is 0.000000239. The van der Waals surface area contributed by atoms with Gasteiger partial charge in [0.05, 0.1) is 25.4 Å². The number of benzene rings is 2. The molecule has 4 rings (SSSR count). The molecule has 2 heterocycles. The van der Waals surface area contributed by atoms with Gasteiger partial charge in [-0.2, -0.15) is 0 Å². The molecule has 2 aliphatic heterocycles. The number of hydrogen-bond acceptors (Lipinski definition) is 11. The van der Waals surface area contributed by atoms with Gasteiger partial charge in [0.1, 0.15) is 48.7 Å². The van der Waals surface area contributed by atoms with Gasteiger partial charge < -0.3 is 40.1 Å². The molecule has 2 aromatic carbocycles. The highest BCUT2D eigenvalue weighted by molar-refractivity contribution is 5.93. The third-order valence-electron chi connectivity index (χ3n) is 6.30. The first-order valence-electron chi connectivity index (χ1n) is 13.1. The van der Waals surface area contributed by atoms with E-state index in [-0.39, 0.29) is 37.6 Å². The van der Waals surface area contributed by atoms with Gasteiger partial charge in [-0.25, -0.2) is 0 Å². The molecule has 41 heavy (non-hydrogen) atoms. The Morgan fingerprint density at radius 3 is 1.56 bits per heavy atom. The van der Waals surface area contributed by atoms with Crippen molar-refractivity contribution >= 4 is 23.9 Å². The van der Waals surface area contributed by atoms with E-state index in [0.29, 0.717) is 0 Å². The molecule has 0 unspecified atom stereocenters. The fourth-order valence-electron chi connectivity index (χ4n) is 3.93. The van der Waals surface area contributed by atoms with Crippen LogP contribution >= 0.6 is 0 Å². The monoisotopic (exact) mass is 574 g/mol. The fraction of sp³-hybridized carbons (Fsp3) is 0.433. The Bertz CT molecular complexity index is 1090. The van der Waals surface area contributed by atoms with Gasteiger partial charge in [-0.3, -0.25) is 14.4 Å². The van der Waals surface area contributed by atoms with E-state index < -0.39 is 48.8 Å². The van der Waals surface area contributed by atoms with Gasteiger partial charge >= 0.3 is 0 Å². The molecule has 0 amide bonds. The minimum absolute atomic E-state index is 0.0335. The average Bonchev–Trinajstić information content (AvgIpc) is 2.98. The summed E-state index contributed by atoms with van der Waals surface area (Å²) in [5.74, 6) is -0.325. The number of hydrogen-bond donors (Lipinski definition) is 6. The van der Waals surface area contributed by atoms with Crippen LogP contribution < -0.4 is 0 Å². The molecule has 0 radical (unpaired) electrons. The summed E-state index contributed by atoms with van der Waals surface area (Å²) in [6.07, 6.45) is -4.66. The number of Topliss-reactive ketones (excluding diaryl/α,β-unsaturated/α-hetero) is 1. The minimum atomic E-state index is -1.28. The maximum absolute atomic E-state index is 11.8. The van der Waals surface area contributed by atoms with E-state index in [1.54, 1.807) is 18.2 Å². The fourth-order valence-corrected chi connectivity index (χ4v) is 3.93. The van der Waals surface area contributed by atoms with Gasteiger partial charge in [0, 0.05) is 18.4 Å². The molecule has 0 aromatic heterocycles. The highest BCUT2D eigenvalue weighted by atomic mass is 16.5. The van der Waals surface area contributed by atoms with Gasteiger partial charge in [-0.1, -0.05) is 66.7 Å². The molecule has 0 aliphatic carbocycles. The molecule has 224 valence electrons. The topological polar surface area (TPSA) is 191 Å². The van der Waals surface area contributed by atoms with Crippen LogP contribution in [0.1, 0.15) is 35.7 Å². The highest BCUT2D eigenvalue weighted by Crippen LogP contribution is 2.19. The number of carbonyl (C=O) groups is 3. The largest absolute Gasteiger partial charge is 0.388 e. The van der Waals surface area contributed by atoms with Crippen molar-refractivity contribution in [2.24, 2.45) is 0 Å². The van der Waals surface area contributed by atoms with Gasteiger partial charge in [-0.05, 0) is 18.6 Å². The van der Waals surface area contributed by atoms with Crippen LogP contribution in [0.25, 0.3) is 6.08 Å². The summed E-state index contributed by atoms with van der Waals surface area (Å²) in [6.45, 7) is 1.25. The molecule has 11 heteroatoms. The van der Waals surface area contributed by atoms with Crippen LogP contribution in [0.2, 0.25) is 0 Å². The Hall–Kier alpha value is -3.13. The zero-order valence-electron chi connectivity index (χ0n) is 22.7. The molecule has 0 bridgehead atoms. The summed E-state index contributed by atoms with van der Waals surface area (Å²) in [4.78, 5) is 32.5. The predicted octanol–water partition coefficient (Wildman–Crippen LogP) is 0.0866. The van der Waals surface area contributed by atoms with E-state index in [1.807, 2.05) is 48.5 Å². The zero-order valence-corrected chi connectivity index (χ0v) is 22.7. The number of allylic oxidation sites excluding steroid dienone is 1. The molecule has 2 aromatic rings. The van der Waals surface area contributed by atoms with Gasteiger partial charge in [-0.15, -0.1) is 0 Å². The lowest BCUT2D eigenvalue weighted by molar-refractivity contribution is -0.188. The van der Waals surface area contributed by atoms with E-state index in [9.17, 15) is 39.9 Å². The summed E-state index contributed by atoms with van der Waals surface area (Å²) in [7, 11) is 0. The third kappa shape index (κ3) is 11.7. The zero-order chi connectivity index (χ0) is 30.4. The van der Waals surface area contributed by atoms with Gasteiger partial charge in [0.25, 0.3) is 0 Å². The average molecular weight is 575 g/mol. The van der Waals surface area contributed by atoms with E-state index in [0.717, 1.165) is 17.4 Å². The van der Waals surface area contributed by atoms with Crippen molar-refractivity contribution in [2.75, 3.05) is 13.2 Å². The number of aliphatic hydroxyl groups excluding tert-OH is 6. The van der Waals surface area contributed by atoms with Crippen LogP contribution in [0.5, 0.6) is 0 Å². The number of aldehydes is 1. The van der Waals surface area contributed by atoms with Crippen LogP contribution in [0.4, 0.5) is 0 Å². The van der Waals surface area contributed by atoms with Crippen LogP contribution in [0.15, 0.2) is 66.7 Å². The maximum atomic E-state index is 11.8. The van der Waals surface area contributed by atoms with Crippen LogP contribution in [0, 0.1) is 0 Å². The van der Waals surface area contributed by atoms with E-state index in [2.05, 4.69) is 0 Å². The van der Waals surface area contributed by atoms with E-state index in [1.165, 1.54) is 13.0 Å². The first kappa shape index (κ1) is 34.1. The molecule has 11 nitrogen and oxygen atoms in total. The van der Waals surface area contributed by atoms with Crippen molar-refractivity contribution in [1.82, 2.24) is 0 Å². The second-order valence-electron chi connectivity index (χ2n) is 9.69. The van der Waals surface area contributed by atoms with Crippen LogP contribution in [-0.4, -0.2) is 111 Å². The molecule has 2 fully saturated rings. The Morgan fingerprint density at radius 2 is 1.15 bits per heavy atom. The number of aliphatic hydroxyl groups is 6. The number of ketones is 2. The van der Waals surface area contributed by atoms with Crippen molar-refractivity contribution in [2.45, 2.75) is 68.6 Å². The van der Waals surface area contributed by atoms with Crippen molar-refractivity contribution < 1.29 is 54.5 Å². The lowest BCUT2D eigenvalue weighted by Crippen LogP contribution is -2.53. The SMILES string of the molecule is CC(=O)C[C@@H]1OC[C@@H](O)[C@H](O)[C@H]1O.O=C(/C=C/c1ccccc1)C[C@@H]1OC[C@@H](O)[C@H](O)[C@H]1O.O=Cc1ccccc1. The van der Waals surface area contributed by atoms with E-state index >= 15 is 0 Å². The van der Waals surface area contributed by atoms with E-state index in [4.69, 9.17) is 14.6 Å². The van der Waals surface area contributed by atoms with Crippen molar-refractivity contribution in [3.05, 3.63) is 77.9 Å². The molecule has 2 saturated heterocycles. The maximum Gasteiger partial charge on any atom is 0.158 e. The molecule has 0 saturated carbocycles. The quantitative estimate of drug-likeness (QED) is 0.194. The predicted molar refractivity (Wildman–Crippen MR) is 148 cm³/mol. The van der Waals surface area contributed by atoms with Crippen LogP contribution in [0.3, 0.4) is 0 Å².